The van der Waals surface area contributed by atoms with E-state index in [-0.39, 0.29) is 18.4 Å². The van der Waals surface area contributed by atoms with Crippen LogP contribution in [0.15, 0.2) is 60.7 Å². The van der Waals surface area contributed by atoms with E-state index >= 15 is 0 Å². The lowest BCUT2D eigenvalue weighted by Crippen LogP contribution is -2.22. The number of carbonyl (C=O) groups excluding carboxylic acids is 2. The van der Waals surface area contributed by atoms with Gasteiger partial charge in [0.05, 0.1) is 6.54 Å². The Hall–Kier alpha value is -3.28. The maximum Gasteiger partial charge on any atom is 0.243 e. The molecule has 0 bridgehead atoms. The summed E-state index contributed by atoms with van der Waals surface area (Å²) in [5.41, 5.74) is 3.53. The van der Waals surface area contributed by atoms with E-state index in [0.717, 1.165) is 28.3 Å². The highest BCUT2D eigenvalue weighted by molar-refractivity contribution is 5.93. The van der Waals surface area contributed by atoms with Crippen molar-refractivity contribution in [2.75, 3.05) is 37.9 Å². The van der Waals surface area contributed by atoms with E-state index in [1.54, 1.807) is 19.0 Å². The molecule has 154 valence electrons. The highest BCUT2D eigenvalue weighted by Crippen LogP contribution is 2.18. The van der Waals surface area contributed by atoms with E-state index in [1.807, 2.05) is 55.5 Å². The van der Waals surface area contributed by atoms with Crippen LogP contribution in [0.25, 0.3) is 0 Å². The van der Waals surface area contributed by atoms with Gasteiger partial charge in [0.25, 0.3) is 0 Å². The molecule has 0 aromatic heterocycles. The largest absolute Gasteiger partial charge is 0.489 e. The zero-order valence-electron chi connectivity index (χ0n) is 17.3. The fourth-order valence-corrected chi connectivity index (χ4v) is 2.52. The second-order valence-electron chi connectivity index (χ2n) is 7.16. The fourth-order valence-electron chi connectivity index (χ4n) is 2.52. The van der Waals surface area contributed by atoms with Crippen LogP contribution >= 0.6 is 0 Å². The number of rotatable bonds is 10. The van der Waals surface area contributed by atoms with Crippen molar-refractivity contribution in [1.29, 1.82) is 0 Å². The van der Waals surface area contributed by atoms with Crippen molar-refractivity contribution in [1.82, 2.24) is 4.90 Å². The molecular formula is C23H29N3O3. The molecule has 2 aromatic rings. The molecule has 0 unspecified atom stereocenters. The van der Waals surface area contributed by atoms with Gasteiger partial charge < -0.3 is 20.3 Å². The van der Waals surface area contributed by atoms with Gasteiger partial charge in [-0.05, 0) is 48.7 Å². The fraction of sp³-hybridized carbons (Fsp3) is 0.304. The number of nitrogens with one attached hydrogen (secondary N) is 2. The van der Waals surface area contributed by atoms with Gasteiger partial charge in [-0.25, -0.2) is 0 Å². The molecule has 2 rings (SSSR count). The Morgan fingerprint density at radius 1 is 1.07 bits per heavy atom. The number of hydrogen-bond donors (Lipinski definition) is 2. The third-order valence-electron chi connectivity index (χ3n) is 4.14. The molecule has 0 atom stereocenters. The maximum absolute atomic E-state index is 12.2. The van der Waals surface area contributed by atoms with E-state index < -0.39 is 0 Å². The smallest absolute Gasteiger partial charge is 0.243 e. The second-order valence-corrected chi connectivity index (χ2v) is 7.16. The monoisotopic (exact) mass is 395 g/mol. The molecule has 29 heavy (non-hydrogen) atoms. The summed E-state index contributed by atoms with van der Waals surface area (Å²) >= 11 is 0. The molecule has 0 radical (unpaired) electrons. The standard InChI is InChI=1S/C23H29N3O3/c1-17(2)16-29-21-7-5-6-20(14-21)24-15-22(27)25-19-11-8-18(9-12-19)10-13-23(28)26(3)4/h5-9,11-12,14,24H,1,10,13,15-16H2,2-4H3,(H,25,27). The van der Waals surface area contributed by atoms with E-state index in [1.165, 1.54) is 0 Å². The van der Waals surface area contributed by atoms with Crippen LogP contribution in [-0.2, 0) is 16.0 Å². The summed E-state index contributed by atoms with van der Waals surface area (Å²) in [4.78, 5) is 25.4. The summed E-state index contributed by atoms with van der Waals surface area (Å²) in [7, 11) is 3.50. The molecule has 0 spiro atoms. The van der Waals surface area contributed by atoms with Crippen molar-refractivity contribution in [3.05, 3.63) is 66.2 Å². The molecule has 2 aromatic carbocycles. The Morgan fingerprint density at radius 3 is 2.45 bits per heavy atom. The molecule has 0 saturated carbocycles. The predicted molar refractivity (Wildman–Crippen MR) is 117 cm³/mol. The quantitative estimate of drug-likeness (QED) is 0.602. The summed E-state index contributed by atoms with van der Waals surface area (Å²) in [6.07, 6.45) is 1.15. The van der Waals surface area contributed by atoms with Crippen molar-refractivity contribution >= 4 is 23.2 Å². The Labute approximate surface area is 172 Å². The number of carbonyl (C=O) groups is 2. The normalized spacial score (nSPS) is 10.2. The first kappa shape index (κ1) is 22.0. The van der Waals surface area contributed by atoms with E-state index in [0.29, 0.717) is 19.4 Å². The van der Waals surface area contributed by atoms with Gasteiger partial charge in [-0.1, -0.05) is 24.8 Å². The number of amides is 2. The van der Waals surface area contributed by atoms with Gasteiger partial charge >= 0.3 is 0 Å². The van der Waals surface area contributed by atoms with Gasteiger partial charge in [0.2, 0.25) is 11.8 Å². The third-order valence-corrected chi connectivity index (χ3v) is 4.14. The summed E-state index contributed by atoms with van der Waals surface area (Å²) in [6.45, 7) is 6.32. The summed E-state index contributed by atoms with van der Waals surface area (Å²) in [5, 5.41) is 5.95. The van der Waals surface area contributed by atoms with E-state index in [9.17, 15) is 9.59 Å². The van der Waals surface area contributed by atoms with Crippen molar-refractivity contribution in [2.45, 2.75) is 19.8 Å². The first-order chi connectivity index (χ1) is 13.8. The Bertz CT molecular complexity index is 845. The van der Waals surface area contributed by atoms with Crippen molar-refractivity contribution in [2.24, 2.45) is 0 Å². The van der Waals surface area contributed by atoms with Crippen LogP contribution in [0.5, 0.6) is 5.75 Å². The molecule has 0 aliphatic heterocycles. The summed E-state index contributed by atoms with van der Waals surface area (Å²) in [6, 6.07) is 15.0. The predicted octanol–water partition coefficient (Wildman–Crippen LogP) is 3.71. The van der Waals surface area contributed by atoms with E-state index in [4.69, 9.17) is 4.74 Å². The minimum atomic E-state index is -0.145. The second kappa shape index (κ2) is 10.9. The highest BCUT2D eigenvalue weighted by Gasteiger charge is 2.06. The number of aryl methyl sites for hydroxylation is 1. The molecule has 0 fully saturated rings. The number of ether oxygens (including phenoxy) is 1. The zero-order chi connectivity index (χ0) is 21.2. The number of hydrogen-bond acceptors (Lipinski definition) is 4. The van der Waals surface area contributed by atoms with Gasteiger partial charge in [0.15, 0.2) is 0 Å². The van der Waals surface area contributed by atoms with Gasteiger partial charge in [0, 0.05) is 38.0 Å². The first-order valence-corrected chi connectivity index (χ1v) is 9.53. The minimum Gasteiger partial charge on any atom is -0.489 e. The van der Waals surface area contributed by atoms with Gasteiger partial charge in [-0.3, -0.25) is 9.59 Å². The topological polar surface area (TPSA) is 70.7 Å². The lowest BCUT2D eigenvalue weighted by molar-refractivity contribution is -0.128. The Kier molecular flexibility index (Phi) is 8.27. The molecule has 6 nitrogen and oxygen atoms in total. The minimum absolute atomic E-state index is 0.0996. The van der Waals surface area contributed by atoms with Crippen LogP contribution in [-0.4, -0.2) is 44.0 Å². The van der Waals surface area contributed by atoms with Crippen LogP contribution in [0, 0.1) is 0 Å². The van der Waals surface area contributed by atoms with E-state index in [2.05, 4.69) is 17.2 Å². The Morgan fingerprint density at radius 2 is 1.79 bits per heavy atom. The van der Waals surface area contributed by atoms with Crippen LogP contribution in [0.1, 0.15) is 18.9 Å². The number of nitrogens with zero attached hydrogens (tertiary/aromatic N) is 1. The SMILES string of the molecule is C=C(C)COc1cccc(NCC(=O)Nc2ccc(CCC(=O)N(C)C)cc2)c1. The van der Waals surface area contributed by atoms with Crippen LogP contribution < -0.4 is 15.4 Å². The molecule has 0 aliphatic rings. The molecule has 2 N–H and O–H groups in total. The van der Waals surface area contributed by atoms with Crippen molar-refractivity contribution < 1.29 is 14.3 Å². The molecule has 0 aliphatic carbocycles. The first-order valence-electron chi connectivity index (χ1n) is 9.53. The molecule has 0 saturated heterocycles. The summed E-state index contributed by atoms with van der Waals surface area (Å²) in [5.74, 6) is 0.679. The lowest BCUT2D eigenvalue weighted by atomic mass is 10.1. The average Bonchev–Trinajstić information content (AvgIpc) is 2.70. The van der Waals surface area contributed by atoms with Crippen LogP contribution in [0.2, 0.25) is 0 Å². The lowest BCUT2D eigenvalue weighted by Gasteiger charge is -2.11. The van der Waals surface area contributed by atoms with Crippen LogP contribution in [0.3, 0.4) is 0 Å². The summed E-state index contributed by atoms with van der Waals surface area (Å²) < 4.78 is 5.61. The zero-order valence-corrected chi connectivity index (χ0v) is 17.3. The molecular weight excluding hydrogens is 366 g/mol. The molecule has 6 heteroatoms. The number of benzene rings is 2. The molecule has 2 amide bonds. The van der Waals surface area contributed by atoms with Gasteiger partial charge in [-0.2, -0.15) is 0 Å². The average molecular weight is 396 g/mol. The van der Waals surface area contributed by atoms with Gasteiger partial charge in [-0.15, -0.1) is 0 Å². The van der Waals surface area contributed by atoms with Crippen molar-refractivity contribution in [3.8, 4) is 5.75 Å². The van der Waals surface area contributed by atoms with Crippen LogP contribution in [0.4, 0.5) is 11.4 Å². The molecule has 0 heterocycles. The highest BCUT2D eigenvalue weighted by atomic mass is 16.5. The Balaban J connectivity index is 1.80. The van der Waals surface area contributed by atoms with Crippen molar-refractivity contribution in [3.63, 3.8) is 0 Å². The third kappa shape index (κ3) is 8.09. The number of anilines is 2. The van der Waals surface area contributed by atoms with Gasteiger partial charge in [0.1, 0.15) is 12.4 Å². The maximum atomic E-state index is 12.2.